The second-order valence-electron chi connectivity index (χ2n) is 4.90. The molecular formula is C15H19NS. The van der Waals surface area contributed by atoms with Gasteiger partial charge in [-0.2, -0.15) is 0 Å². The zero-order valence-corrected chi connectivity index (χ0v) is 11.8. The van der Waals surface area contributed by atoms with Crippen LogP contribution in [0.5, 0.6) is 0 Å². The number of rotatable bonds is 3. The van der Waals surface area contributed by atoms with Crippen LogP contribution in [0.4, 0.5) is 0 Å². The molecule has 1 nitrogen and oxygen atoms in total. The molecule has 0 radical (unpaired) electrons. The number of aromatic nitrogens is 1. The van der Waals surface area contributed by atoms with Gasteiger partial charge in [0.05, 0.1) is 5.69 Å². The smallest absolute Gasteiger partial charge is 0.0515 e. The molecule has 2 aromatic heterocycles. The van der Waals surface area contributed by atoms with E-state index >= 15 is 0 Å². The van der Waals surface area contributed by atoms with Gasteiger partial charge in [0.1, 0.15) is 0 Å². The minimum Gasteiger partial charge on any atom is -0.257 e. The number of thiophene rings is 1. The van der Waals surface area contributed by atoms with Gasteiger partial charge in [0, 0.05) is 20.9 Å². The highest BCUT2D eigenvalue weighted by molar-refractivity contribution is 7.12. The molecule has 17 heavy (non-hydrogen) atoms. The van der Waals surface area contributed by atoms with E-state index in [1.165, 1.54) is 21.1 Å². The second kappa shape index (κ2) is 4.61. The third-order valence-corrected chi connectivity index (χ3v) is 4.49. The highest BCUT2D eigenvalue weighted by atomic mass is 32.1. The van der Waals surface area contributed by atoms with Crippen LogP contribution in [-0.4, -0.2) is 4.98 Å². The average Bonchev–Trinajstić information content (AvgIpc) is 2.76. The molecule has 2 heteroatoms. The molecule has 0 aliphatic heterocycles. The lowest BCUT2D eigenvalue weighted by Crippen LogP contribution is -2.19. The number of nitrogens with zero attached hydrogens (tertiary/aromatic N) is 1. The molecule has 90 valence electrons. The zero-order valence-electron chi connectivity index (χ0n) is 10.9. The summed E-state index contributed by atoms with van der Waals surface area (Å²) < 4.78 is 0. The molecule has 0 amide bonds. The quantitative estimate of drug-likeness (QED) is 0.784. The van der Waals surface area contributed by atoms with Crippen molar-refractivity contribution in [3.63, 3.8) is 0 Å². The second-order valence-corrected chi connectivity index (χ2v) is 6.19. The van der Waals surface area contributed by atoms with Crippen molar-refractivity contribution < 1.29 is 0 Å². The van der Waals surface area contributed by atoms with E-state index in [-0.39, 0.29) is 5.41 Å². The lowest BCUT2D eigenvalue weighted by molar-refractivity contribution is 0.626. The molecule has 0 unspecified atom stereocenters. The summed E-state index contributed by atoms with van der Waals surface area (Å²) in [5.41, 5.74) is 2.34. The Balaban J connectivity index is 2.43. The van der Waals surface area contributed by atoms with Gasteiger partial charge >= 0.3 is 0 Å². The monoisotopic (exact) mass is 245 g/mol. The number of aryl methyl sites for hydroxylation is 2. The summed E-state index contributed by atoms with van der Waals surface area (Å²) in [5.74, 6) is 0. The minimum atomic E-state index is 0.00407. The van der Waals surface area contributed by atoms with Crippen molar-refractivity contribution in [1.82, 2.24) is 4.98 Å². The molecule has 0 bridgehead atoms. The van der Waals surface area contributed by atoms with Crippen molar-refractivity contribution in [1.29, 1.82) is 0 Å². The minimum absolute atomic E-state index is 0.00407. The molecular weight excluding hydrogens is 226 g/mol. The molecule has 2 aromatic rings. The molecule has 0 atom stereocenters. The standard InChI is InChI=1S/C15H19NS/c1-5-12-7-6-8-13(16-12)15(3,4)14-10-9-11(2)17-14/h6-10H,5H2,1-4H3. The van der Waals surface area contributed by atoms with Crippen LogP contribution >= 0.6 is 11.3 Å². The molecule has 0 fully saturated rings. The molecule has 2 heterocycles. The summed E-state index contributed by atoms with van der Waals surface area (Å²) in [6.45, 7) is 8.80. The Morgan fingerprint density at radius 2 is 1.94 bits per heavy atom. The third kappa shape index (κ3) is 2.42. The van der Waals surface area contributed by atoms with Crippen molar-refractivity contribution in [3.05, 3.63) is 51.5 Å². The lowest BCUT2D eigenvalue weighted by atomic mass is 9.87. The fourth-order valence-electron chi connectivity index (χ4n) is 1.92. The summed E-state index contributed by atoms with van der Waals surface area (Å²) in [6, 6.07) is 10.8. The van der Waals surface area contributed by atoms with Gasteiger partial charge in [-0.15, -0.1) is 11.3 Å². The zero-order chi connectivity index (χ0) is 12.5. The molecule has 0 aromatic carbocycles. The van der Waals surface area contributed by atoms with Crippen LogP contribution in [0.3, 0.4) is 0 Å². The van der Waals surface area contributed by atoms with Gasteiger partial charge in [0.15, 0.2) is 0 Å². The largest absolute Gasteiger partial charge is 0.257 e. The van der Waals surface area contributed by atoms with E-state index in [0.29, 0.717) is 0 Å². The van der Waals surface area contributed by atoms with E-state index in [1.807, 2.05) is 11.3 Å². The lowest BCUT2D eigenvalue weighted by Gasteiger charge is -2.23. The molecule has 0 aliphatic rings. The van der Waals surface area contributed by atoms with Crippen molar-refractivity contribution >= 4 is 11.3 Å². The first-order valence-electron chi connectivity index (χ1n) is 6.07. The highest BCUT2D eigenvalue weighted by Crippen LogP contribution is 2.34. The highest BCUT2D eigenvalue weighted by Gasteiger charge is 2.26. The summed E-state index contributed by atoms with van der Waals surface area (Å²) in [6.07, 6.45) is 0.993. The van der Waals surface area contributed by atoms with Crippen LogP contribution in [-0.2, 0) is 11.8 Å². The number of pyridine rings is 1. The fourth-order valence-corrected chi connectivity index (χ4v) is 2.90. The Hall–Kier alpha value is -1.15. The Labute approximate surface area is 108 Å². The van der Waals surface area contributed by atoms with Gasteiger partial charge in [-0.25, -0.2) is 0 Å². The molecule has 0 N–H and O–H groups in total. The maximum atomic E-state index is 4.76. The average molecular weight is 245 g/mol. The van der Waals surface area contributed by atoms with Crippen LogP contribution in [0.15, 0.2) is 30.3 Å². The molecule has 0 saturated carbocycles. The Bertz CT molecular complexity index is 511. The molecule has 0 aliphatic carbocycles. The van der Waals surface area contributed by atoms with Crippen molar-refractivity contribution in [3.8, 4) is 0 Å². The summed E-state index contributed by atoms with van der Waals surface area (Å²) in [4.78, 5) is 7.50. The first-order chi connectivity index (χ1) is 8.04. The first-order valence-corrected chi connectivity index (χ1v) is 6.89. The normalized spacial score (nSPS) is 11.8. The van der Waals surface area contributed by atoms with Crippen LogP contribution in [0.2, 0.25) is 0 Å². The SMILES string of the molecule is CCc1cccc(C(C)(C)c2ccc(C)s2)n1. The van der Waals surface area contributed by atoms with E-state index in [1.54, 1.807) is 0 Å². The maximum Gasteiger partial charge on any atom is 0.0515 e. The van der Waals surface area contributed by atoms with Gasteiger partial charge in [0.25, 0.3) is 0 Å². The third-order valence-electron chi connectivity index (χ3n) is 3.17. The molecule has 2 rings (SSSR count). The van der Waals surface area contributed by atoms with Gasteiger partial charge in [0.2, 0.25) is 0 Å². The Morgan fingerprint density at radius 1 is 1.18 bits per heavy atom. The van der Waals surface area contributed by atoms with Gasteiger partial charge in [-0.05, 0) is 51.5 Å². The fraction of sp³-hybridized carbons (Fsp3) is 0.400. The number of hydrogen-bond acceptors (Lipinski definition) is 2. The topological polar surface area (TPSA) is 12.9 Å². The van der Waals surface area contributed by atoms with E-state index in [9.17, 15) is 0 Å². The van der Waals surface area contributed by atoms with E-state index in [0.717, 1.165) is 6.42 Å². The Morgan fingerprint density at radius 3 is 2.53 bits per heavy atom. The van der Waals surface area contributed by atoms with E-state index < -0.39 is 0 Å². The first kappa shape index (κ1) is 12.3. The Kier molecular flexibility index (Phi) is 3.34. The van der Waals surface area contributed by atoms with Gasteiger partial charge < -0.3 is 0 Å². The van der Waals surface area contributed by atoms with Crippen molar-refractivity contribution in [2.45, 2.75) is 39.5 Å². The van der Waals surface area contributed by atoms with E-state index in [4.69, 9.17) is 4.98 Å². The van der Waals surface area contributed by atoms with Crippen LogP contribution in [0, 0.1) is 6.92 Å². The maximum absolute atomic E-state index is 4.76. The predicted molar refractivity (Wildman–Crippen MR) is 74.8 cm³/mol. The van der Waals surface area contributed by atoms with E-state index in [2.05, 4.69) is 58.0 Å². The summed E-state index contributed by atoms with van der Waals surface area (Å²) in [7, 11) is 0. The van der Waals surface area contributed by atoms with Crippen LogP contribution in [0.25, 0.3) is 0 Å². The van der Waals surface area contributed by atoms with Crippen molar-refractivity contribution in [2.75, 3.05) is 0 Å². The van der Waals surface area contributed by atoms with Crippen molar-refractivity contribution in [2.24, 2.45) is 0 Å². The predicted octanol–water partition coefficient (Wildman–Crippen LogP) is 4.34. The van der Waals surface area contributed by atoms with Crippen LogP contribution < -0.4 is 0 Å². The summed E-state index contributed by atoms with van der Waals surface area (Å²) in [5, 5.41) is 0. The van der Waals surface area contributed by atoms with Gasteiger partial charge in [-0.3, -0.25) is 4.98 Å². The number of hydrogen-bond donors (Lipinski definition) is 0. The van der Waals surface area contributed by atoms with Gasteiger partial charge in [-0.1, -0.05) is 13.0 Å². The molecule has 0 spiro atoms. The van der Waals surface area contributed by atoms with Crippen LogP contribution in [0.1, 0.15) is 41.9 Å². The molecule has 0 saturated heterocycles. The summed E-state index contributed by atoms with van der Waals surface area (Å²) >= 11 is 1.86.